The summed E-state index contributed by atoms with van der Waals surface area (Å²) in [5, 5.41) is 15.1. The first-order valence-corrected chi connectivity index (χ1v) is 12.0. The molecule has 1 aromatic carbocycles. The van der Waals surface area contributed by atoms with Gasteiger partial charge in [-0.2, -0.15) is 0 Å². The monoisotopic (exact) mass is 469 g/mol. The molecule has 1 aliphatic rings. The number of aryl methyl sites for hydroxylation is 1. The molecule has 10 heteroatoms. The fourth-order valence-electron chi connectivity index (χ4n) is 4.52. The molecule has 2 aromatic heterocycles. The van der Waals surface area contributed by atoms with E-state index in [4.69, 9.17) is 14.5 Å². The number of carbonyl (C=O) groups is 1. The summed E-state index contributed by atoms with van der Waals surface area (Å²) in [6, 6.07) is 5.69. The van der Waals surface area contributed by atoms with Crippen molar-refractivity contribution in [2.24, 2.45) is 5.92 Å². The number of amides is 1. The maximum atomic E-state index is 12.8. The van der Waals surface area contributed by atoms with Gasteiger partial charge in [-0.05, 0) is 37.8 Å². The van der Waals surface area contributed by atoms with Crippen LogP contribution in [-0.2, 0) is 9.53 Å². The van der Waals surface area contributed by atoms with E-state index >= 15 is 0 Å². The molecular weight excluding hydrogens is 434 g/mol. The average Bonchev–Trinajstić information content (AvgIpc) is 3.23. The Hall–Kier alpha value is -2.98. The van der Waals surface area contributed by atoms with Crippen LogP contribution in [0.4, 0.5) is 5.82 Å². The van der Waals surface area contributed by atoms with Crippen molar-refractivity contribution in [2.45, 2.75) is 39.7 Å². The molecular formula is C24H35N7O3. The van der Waals surface area contributed by atoms with Gasteiger partial charge in [-0.3, -0.25) is 14.1 Å². The van der Waals surface area contributed by atoms with E-state index < -0.39 is 0 Å². The van der Waals surface area contributed by atoms with E-state index in [2.05, 4.69) is 39.6 Å². The minimum Gasteiger partial charge on any atom is -0.497 e. The van der Waals surface area contributed by atoms with Crippen molar-refractivity contribution in [1.82, 2.24) is 29.8 Å². The van der Waals surface area contributed by atoms with E-state index in [0.29, 0.717) is 31.2 Å². The Bertz CT molecular complexity index is 1120. The maximum absolute atomic E-state index is 12.8. The normalized spacial score (nSPS) is 15.7. The molecule has 2 N–H and O–H groups in total. The Morgan fingerprint density at radius 3 is 2.68 bits per heavy atom. The van der Waals surface area contributed by atoms with E-state index in [1.807, 2.05) is 29.5 Å². The number of unbranched alkanes of at least 4 members (excludes halogenated alkanes) is 1. The second-order valence-corrected chi connectivity index (χ2v) is 8.98. The summed E-state index contributed by atoms with van der Waals surface area (Å²) < 4.78 is 12.8. The topological polar surface area (TPSA) is 106 Å². The minimum absolute atomic E-state index is 0.106. The number of morpholine rings is 1. The number of carbonyl (C=O) groups excluding carboxylic acids is 1. The molecule has 1 amide bonds. The molecule has 0 radical (unpaired) electrons. The Kier molecular flexibility index (Phi) is 7.79. The largest absolute Gasteiger partial charge is 0.497 e. The number of aromatic nitrogens is 4. The Morgan fingerprint density at radius 1 is 1.18 bits per heavy atom. The first-order chi connectivity index (χ1) is 16.5. The van der Waals surface area contributed by atoms with Gasteiger partial charge >= 0.3 is 0 Å². The number of rotatable bonds is 10. The van der Waals surface area contributed by atoms with Crippen LogP contribution in [0.1, 0.15) is 32.5 Å². The number of nitrogens with one attached hydrogen (secondary N) is 2. The molecule has 184 valence electrons. The molecule has 1 aliphatic heterocycles. The third-order valence-corrected chi connectivity index (χ3v) is 6.23. The number of methoxy groups -OCH3 is 1. The number of ether oxygens (including phenoxy) is 2. The molecule has 1 unspecified atom stereocenters. The van der Waals surface area contributed by atoms with E-state index in [1.54, 1.807) is 7.11 Å². The lowest BCUT2D eigenvalue weighted by Crippen LogP contribution is -2.53. The lowest BCUT2D eigenvalue weighted by atomic mass is 10.0. The Labute approximate surface area is 200 Å². The minimum atomic E-state index is -0.106. The summed E-state index contributed by atoms with van der Waals surface area (Å²) in [5.74, 6) is 2.61. The van der Waals surface area contributed by atoms with Crippen molar-refractivity contribution in [3.8, 4) is 5.75 Å². The van der Waals surface area contributed by atoms with Crippen LogP contribution in [0, 0.1) is 12.8 Å². The van der Waals surface area contributed by atoms with Crippen LogP contribution in [0.3, 0.4) is 0 Å². The van der Waals surface area contributed by atoms with E-state index in [9.17, 15) is 4.79 Å². The first kappa shape index (κ1) is 24.2. The quantitative estimate of drug-likeness (QED) is 0.436. The third-order valence-electron chi connectivity index (χ3n) is 6.23. The molecule has 3 aromatic rings. The van der Waals surface area contributed by atoms with Crippen molar-refractivity contribution in [3.63, 3.8) is 0 Å². The SMILES string of the molecule is COc1ccc2c(c1)nc(NCCCCNC(=O)C(C(C)C)N1CCOCC1)c1nnc(C)n12. The van der Waals surface area contributed by atoms with Crippen LogP contribution in [0.15, 0.2) is 18.2 Å². The van der Waals surface area contributed by atoms with Crippen LogP contribution >= 0.6 is 0 Å². The smallest absolute Gasteiger partial charge is 0.237 e. The van der Waals surface area contributed by atoms with Crippen molar-refractivity contribution >= 4 is 28.4 Å². The average molecular weight is 470 g/mol. The van der Waals surface area contributed by atoms with Gasteiger partial charge in [0.15, 0.2) is 5.82 Å². The van der Waals surface area contributed by atoms with Crippen LogP contribution in [0.25, 0.3) is 16.7 Å². The molecule has 0 spiro atoms. The van der Waals surface area contributed by atoms with E-state index in [-0.39, 0.29) is 17.9 Å². The number of nitrogens with zero attached hydrogens (tertiary/aromatic N) is 5. The second-order valence-electron chi connectivity index (χ2n) is 8.98. The summed E-state index contributed by atoms with van der Waals surface area (Å²) in [4.78, 5) is 19.8. The number of hydrogen-bond donors (Lipinski definition) is 2. The van der Waals surface area contributed by atoms with Crippen LogP contribution in [0.2, 0.25) is 0 Å². The van der Waals surface area contributed by atoms with E-state index in [1.165, 1.54) is 0 Å². The van der Waals surface area contributed by atoms with Crippen LogP contribution in [-0.4, -0.2) is 82.9 Å². The van der Waals surface area contributed by atoms with Crippen LogP contribution in [0.5, 0.6) is 5.75 Å². The molecule has 0 aliphatic carbocycles. The highest BCUT2D eigenvalue weighted by Crippen LogP contribution is 2.25. The number of hydrogen-bond acceptors (Lipinski definition) is 8. The van der Waals surface area contributed by atoms with Gasteiger partial charge in [0.25, 0.3) is 0 Å². The zero-order chi connectivity index (χ0) is 24.1. The van der Waals surface area contributed by atoms with Crippen molar-refractivity contribution in [1.29, 1.82) is 0 Å². The molecule has 10 nitrogen and oxygen atoms in total. The Balaban J connectivity index is 1.32. The summed E-state index contributed by atoms with van der Waals surface area (Å²) >= 11 is 0. The van der Waals surface area contributed by atoms with Crippen LogP contribution < -0.4 is 15.4 Å². The fraction of sp³-hybridized carbons (Fsp3) is 0.583. The van der Waals surface area contributed by atoms with Gasteiger partial charge in [0.05, 0.1) is 37.4 Å². The summed E-state index contributed by atoms with van der Waals surface area (Å²) in [6.45, 7) is 10.5. The zero-order valence-electron chi connectivity index (χ0n) is 20.5. The van der Waals surface area contributed by atoms with Gasteiger partial charge in [-0.1, -0.05) is 13.8 Å². The predicted molar refractivity (Wildman–Crippen MR) is 131 cm³/mol. The number of benzene rings is 1. The number of anilines is 1. The Morgan fingerprint density at radius 2 is 1.94 bits per heavy atom. The summed E-state index contributed by atoms with van der Waals surface area (Å²) in [7, 11) is 1.64. The standard InChI is InChI=1S/C24H35N7O3/c1-16(2)21(30-11-13-34-14-12-30)24(32)26-10-6-5-9-25-22-23-29-28-17(3)31(23)20-8-7-18(33-4)15-19(20)27-22/h7-8,15-16,21H,5-6,9-14H2,1-4H3,(H,25,27)(H,26,32). The summed E-state index contributed by atoms with van der Waals surface area (Å²) in [6.07, 6.45) is 1.76. The summed E-state index contributed by atoms with van der Waals surface area (Å²) in [5.41, 5.74) is 2.45. The molecule has 3 heterocycles. The van der Waals surface area contributed by atoms with Crippen molar-refractivity contribution < 1.29 is 14.3 Å². The lowest BCUT2D eigenvalue weighted by molar-refractivity contribution is -0.130. The zero-order valence-corrected chi connectivity index (χ0v) is 20.5. The van der Waals surface area contributed by atoms with Crippen molar-refractivity contribution in [2.75, 3.05) is 51.8 Å². The van der Waals surface area contributed by atoms with Gasteiger partial charge in [0.2, 0.25) is 11.6 Å². The molecule has 0 bridgehead atoms. The fourth-order valence-corrected chi connectivity index (χ4v) is 4.52. The van der Waals surface area contributed by atoms with E-state index in [0.717, 1.165) is 55.1 Å². The number of fused-ring (bicyclic) bond motifs is 3. The maximum Gasteiger partial charge on any atom is 0.237 e. The molecule has 34 heavy (non-hydrogen) atoms. The highest BCUT2D eigenvalue weighted by atomic mass is 16.5. The highest BCUT2D eigenvalue weighted by Gasteiger charge is 2.29. The molecule has 1 saturated heterocycles. The van der Waals surface area contributed by atoms with Gasteiger partial charge in [0, 0.05) is 32.2 Å². The van der Waals surface area contributed by atoms with Gasteiger partial charge in [0.1, 0.15) is 11.6 Å². The van der Waals surface area contributed by atoms with Gasteiger partial charge in [-0.15, -0.1) is 10.2 Å². The van der Waals surface area contributed by atoms with Crippen molar-refractivity contribution in [3.05, 3.63) is 24.0 Å². The molecule has 1 fully saturated rings. The lowest BCUT2D eigenvalue weighted by Gasteiger charge is -2.35. The molecule has 0 saturated carbocycles. The first-order valence-electron chi connectivity index (χ1n) is 12.0. The predicted octanol–water partition coefficient (Wildman–Crippen LogP) is 2.26. The molecule has 4 rings (SSSR count). The second kappa shape index (κ2) is 11.0. The highest BCUT2D eigenvalue weighted by molar-refractivity contribution is 5.84. The third kappa shape index (κ3) is 5.23. The van der Waals surface area contributed by atoms with Gasteiger partial charge in [-0.25, -0.2) is 4.98 Å². The molecule has 1 atom stereocenters. The van der Waals surface area contributed by atoms with Gasteiger partial charge < -0.3 is 20.1 Å².